The molecule has 3 rings (SSSR count). The first kappa shape index (κ1) is 21.1. The summed E-state index contributed by atoms with van der Waals surface area (Å²) in [5.41, 5.74) is -0.102. The van der Waals surface area contributed by atoms with E-state index in [9.17, 15) is 18.8 Å². The Labute approximate surface area is 173 Å². The van der Waals surface area contributed by atoms with Crippen molar-refractivity contribution in [3.63, 3.8) is 0 Å². The molecule has 1 fully saturated rings. The fourth-order valence-corrected chi connectivity index (χ4v) is 3.29. The fraction of sp³-hybridized carbons (Fsp3) is 0.286. The van der Waals surface area contributed by atoms with Gasteiger partial charge < -0.3 is 20.1 Å². The Hall–Kier alpha value is -3.62. The van der Waals surface area contributed by atoms with E-state index in [4.69, 9.17) is 9.47 Å². The highest BCUT2D eigenvalue weighted by atomic mass is 19.1. The molecule has 4 amide bonds. The van der Waals surface area contributed by atoms with Gasteiger partial charge in [0.2, 0.25) is 5.91 Å². The summed E-state index contributed by atoms with van der Waals surface area (Å²) in [6.45, 7) is 1.14. The van der Waals surface area contributed by atoms with E-state index < -0.39 is 35.7 Å². The SMILES string of the molecule is COc1ccc(C[C@]2(C)NC(=O)N(CC(=O)Nc3ccc(F)cc3)C2=O)cc1OC. The van der Waals surface area contributed by atoms with Crippen molar-refractivity contribution in [3.8, 4) is 11.5 Å². The van der Waals surface area contributed by atoms with E-state index in [2.05, 4.69) is 10.6 Å². The Balaban J connectivity index is 1.70. The number of ether oxygens (including phenoxy) is 2. The molecule has 2 aromatic carbocycles. The molecule has 1 saturated heterocycles. The highest BCUT2D eigenvalue weighted by molar-refractivity contribution is 6.10. The number of carbonyl (C=O) groups excluding carboxylic acids is 3. The first-order valence-corrected chi connectivity index (χ1v) is 9.16. The number of urea groups is 1. The molecule has 158 valence electrons. The van der Waals surface area contributed by atoms with Crippen molar-refractivity contribution in [1.29, 1.82) is 0 Å². The molecule has 0 spiro atoms. The second kappa shape index (κ2) is 8.40. The van der Waals surface area contributed by atoms with Gasteiger partial charge >= 0.3 is 6.03 Å². The number of imide groups is 1. The molecule has 1 atom stereocenters. The Kier molecular flexibility index (Phi) is 5.91. The third-order valence-electron chi connectivity index (χ3n) is 4.78. The number of halogens is 1. The molecule has 2 N–H and O–H groups in total. The van der Waals surface area contributed by atoms with Gasteiger partial charge in [0.1, 0.15) is 17.9 Å². The van der Waals surface area contributed by atoms with Crippen LogP contribution in [0, 0.1) is 5.82 Å². The average Bonchev–Trinajstić information content (AvgIpc) is 2.92. The molecule has 9 heteroatoms. The van der Waals surface area contributed by atoms with E-state index >= 15 is 0 Å². The monoisotopic (exact) mass is 415 g/mol. The maximum absolute atomic E-state index is 13.0. The summed E-state index contributed by atoms with van der Waals surface area (Å²) in [7, 11) is 3.03. The molecule has 8 nitrogen and oxygen atoms in total. The zero-order chi connectivity index (χ0) is 21.9. The number of benzene rings is 2. The topological polar surface area (TPSA) is 97.0 Å². The van der Waals surface area contributed by atoms with Crippen LogP contribution >= 0.6 is 0 Å². The zero-order valence-corrected chi connectivity index (χ0v) is 16.8. The van der Waals surface area contributed by atoms with Gasteiger partial charge in [0.05, 0.1) is 14.2 Å². The van der Waals surface area contributed by atoms with Gasteiger partial charge in [-0.15, -0.1) is 0 Å². The highest BCUT2D eigenvalue weighted by Crippen LogP contribution is 2.30. The third kappa shape index (κ3) is 4.35. The number of methoxy groups -OCH3 is 2. The second-order valence-corrected chi connectivity index (χ2v) is 7.07. The van der Waals surface area contributed by atoms with Crippen LogP contribution in [0.1, 0.15) is 12.5 Å². The second-order valence-electron chi connectivity index (χ2n) is 7.07. The minimum absolute atomic E-state index is 0.202. The third-order valence-corrected chi connectivity index (χ3v) is 4.78. The van der Waals surface area contributed by atoms with Crippen LogP contribution < -0.4 is 20.1 Å². The number of carbonyl (C=O) groups is 3. The van der Waals surface area contributed by atoms with Crippen molar-refractivity contribution in [2.24, 2.45) is 0 Å². The van der Waals surface area contributed by atoms with Gasteiger partial charge in [-0.05, 0) is 48.9 Å². The molecule has 0 aromatic heterocycles. The molecule has 0 saturated carbocycles. The predicted molar refractivity (Wildman–Crippen MR) is 107 cm³/mol. The van der Waals surface area contributed by atoms with Crippen molar-refractivity contribution in [2.45, 2.75) is 18.9 Å². The first-order chi connectivity index (χ1) is 14.3. The molecule has 0 bridgehead atoms. The van der Waals surface area contributed by atoms with E-state index in [0.717, 1.165) is 10.5 Å². The molecule has 0 aliphatic carbocycles. The number of hydrogen-bond donors (Lipinski definition) is 2. The van der Waals surface area contributed by atoms with Gasteiger partial charge in [0.15, 0.2) is 11.5 Å². The van der Waals surface area contributed by atoms with Crippen LogP contribution in [0.5, 0.6) is 11.5 Å². The van der Waals surface area contributed by atoms with Crippen molar-refractivity contribution in [2.75, 3.05) is 26.1 Å². The zero-order valence-electron chi connectivity index (χ0n) is 16.8. The van der Waals surface area contributed by atoms with Gasteiger partial charge in [-0.25, -0.2) is 9.18 Å². The molecule has 1 aliphatic heterocycles. The molecule has 1 aliphatic rings. The average molecular weight is 415 g/mol. The largest absolute Gasteiger partial charge is 0.493 e. The van der Waals surface area contributed by atoms with Gasteiger partial charge in [-0.2, -0.15) is 0 Å². The van der Waals surface area contributed by atoms with E-state index in [0.29, 0.717) is 17.2 Å². The van der Waals surface area contributed by atoms with Gasteiger partial charge in [-0.3, -0.25) is 14.5 Å². The molecule has 30 heavy (non-hydrogen) atoms. The Morgan fingerprint density at radius 3 is 2.40 bits per heavy atom. The van der Waals surface area contributed by atoms with Crippen LogP contribution in [0.4, 0.5) is 14.9 Å². The molecule has 1 heterocycles. The summed E-state index contributed by atoms with van der Waals surface area (Å²) in [4.78, 5) is 38.4. The quantitative estimate of drug-likeness (QED) is 0.677. The summed E-state index contributed by atoms with van der Waals surface area (Å²) in [5, 5.41) is 5.19. The Bertz CT molecular complexity index is 979. The lowest BCUT2D eigenvalue weighted by Crippen LogP contribution is -2.46. The van der Waals surface area contributed by atoms with Gasteiger partial charge in [0.25, 0.3) is 5.91 Å². The van der Waals surface area contributed by atoms with Crippen LogP contribution in [0.3, 0.4) is 0 Å². The van der Waals surface area contributed by atoms with Crippen LogP contribution in [0.15, 0.2) is 42.5 Å². The first-order valence-electron chi connectivity index (χ1n) is 9.16. The fourth-order valence-electron chi connectivity index (χ4n) is 3.29. The summed E-state index contributed by atoms with van der Waals surface area (Å²) in [6, 6.07) is 9.74. The van der Waals surface area contributed by atoms with Crippen LogP contribution in [-0.4, -0.2) is 49.0 Å². The summed E-state index contributed by atoms with van der Waals surface area (Å²) < 4.78 is 23.5. The van der Waals surface area contributed by atoms with Crippen molar-refractivity contribution in [1.82, 2.24) is 10.2 Å². The molecule has 2 aromatic rings. The lowest BCUT2D eigenvalue weighted by atomic mass is 9.92. The number of anilines is 1. The number of rotatable bonds is 7. The number of nitrogens with zero attached hydrogens (tertiary/aromatic N) is 1. The van der Waals surface area contributed by atoms with Crippen molar-refractivity contribution in [3.05, 3.63) is 53.8 Å². The predicted octanol–water partition coefficient (Wildman–Crippen LogP) is 2.33. The minimum atomic E-state index is -1.22. The molecular weight excluding hydrogens is 393 g/mol. The van der Waals surface area contributed by atoms with Gasteiger partial charge in [-0.1, -0.05) is 6.07 Å². The number of amides is 4. The van der Waals surface area contributed by atoms with Crippen LogP contribution in [0.2, 0.25) is 0 Å². The van der Waals surface area contributed by atoms with Crippen molar-refractivity contribution >= 4 is 23.5 Å². The maximum atomic E-state index is 13.0. The minimum Gasteiger partial charge on any atom is -0.493 e. The van der Waals surface area contributed by atoms with Gasteiger partial charge in [0, 0.05) is 12.1 Å². The highest BCUT2D eigenvalue weighted by Gasteiger charge is 2.48. The summed E-state index contributed by atoms with van der Waals surface area (Å²) in [6.07, 6.45) is 0.202. The number of hydrogen-bond acceptors (Lipinski definition) is 5. The Morgan fingerprint density at radius 2 is 1.77 bits per heavy atom. The van der Waals surface area contributed by atoms with E-state index in [1.54, 1.807) is 25.1 Å². The lowest BCUT2D eigenvalue weighted by Gasteiger charge is -2.22. The van der Waals surface area contributed by atoms with E-state index in [1.165, 1.54) is 38.5 Å². The van der Waals surface area contributed by atoms with Crippen LogP contribution in [0.25, 0.3) is 0 Å². The normalized spacial score (nSPS) is 18.2. The van der Waals surface area contributed by atoms with Crippen molar-refractivity contribution < 1.29 is 28.2 Å². The molecule has 0 radical (unpaired) electrons. The van der Waals surface area contributed by atoms with E-state index in [-0.39, 0.29) is 6.42 Å². The standard InChI is InChI=1S/C21H22FN3O5/c1-21(11-13-4-9-16(29-2)17(10-13)30-3)19(27)25(20(28)24-21)12-18(26)23-15-7-5-14(22)6-8-15/h4-10H,11-12H2,1-3H3,(H,23,26)(H,24,28)/t21-/m0/s1. The van der Waals surface area contributed by atoms with Crippen LogP contribution in [-0.2, 0) is 16.0 Å². The molecule has 0 unspecified atom stereocenters. The summed E-state index contributed by atoms with van der Waals surface area (Å²) >= 11 is 0. The Morgan fingerprint density at radius 1 is 1.10 bits per heavy atom. The summed E-state index contributed by atoms with van der Waals surface area (Å²) in [5.74, 6) is -0.469. The number of nitrogens with one attached hydrogen (secondary N) is 2. The lowest BCUT2D eigenvalue weighted by molar-refractivity contribution is -0.133. The smallest absolute Gasteiger partial charge is 0.325 e. The maximum Gasteiger partial charge on any atom is 0.325 e. The van der Waals surface area contributed by atoms with E-state index in [1.807, 2.05) is 0 Å². The molecular formula is C21H22FN3O5.